The number of aromatic nitrogens is 1. The lowest BCUT2D eigenvalue weighted by Crippen LogP contribution is -2.08. The highest BCUT2D eigenvalue weighted by atomic mass is 32.1. The molecule has 5 nitrogen and oxygen atoms in total. The second-order valence-corrected chi connectivity index (χ2v) is 8.70. The van der Waals surface area contributed by atoms with Gasteiger partial charge in [0, 0.05) is 16.3 Å². The van der Waals surface area contributed by atoms with Crippen LogP contribution >= 0.6 is 11.3 Å². The zero-order valence-corrected chi connectivity index (χ0v) is 16.6. The zero-order valence-electron chi connectivity index (χ0n) is 15.8. The number of amides is 1. The molecule has 1 aromatic carbocycles. The van der Waals surface area contributed by atoms with Crippen LogP contribution in [0.3, 0.4) is 0 Å². The summed E-state index contributed by atoms with van der Waals surface area (Å²) >= 11 is 1.53. The van der Waals surface area contributed by atoms with Gasteiger partial charge in [-0.15, -0.1) is 21.6 Å². The summed E-state index contributed by atoms with van der Waals surface area (Å²) in [6.45, 7) is 6.24. The van der Waals surface area contributed by atoms with Crippen molar-refractivity contribution in [2.45, 2.75) is 46.1 Å². The van der Waals surface area contributed by atoms with E-state index in [1.54, 1.807) is 4.57 Å². The first-order valence-electron chi connectivity index (χ1n) is 9.35. The molecule has 1 aliphatic rings. The fourth-order valence-electron chi connectivity index (χ4n) is 3.81. The summed E-state index contributed by atoms with van der Waals surface area (Å²) in [5, 5.41) is 19.5. The van der Waals surface area contributed by atoms with E-state index in [1.807, 2.05) is 44.2 Å². The molecule has 0 spiro atoms. The molecule has 0 bridgehead atoms. The maximum Gasteiger partial charge on any atom is 0.305 e. The number of hydrogen-bond donors (Lipinski definition) is 1. The normalized spacial score (nSPS) is 17.1. The number of aryl methyl sites for hydroxylation is 1. The van der Waals surface area contributed by atoms with E-state index < -0.39 is 0 Å². The van der Waals surface area contributed by atoms with Gasteiger partial charge in [-0.3, -0.25) is 4.79 Å². The average molecular weight is 382 g/mol. The van der Waals surface area contributed by atoms with Crippen LogP contribution in [-0.4, -0.2) is 15.6 Å². The number of benzene rings is 1. The van der Waals surface area contributed by atoms with E-state index in [-0.39, 0.29) is 17.8 Å². The van der Waals surface area contributed by atoms with Crippen LogP contribution in [0.25, 0.3) is 10.9 Å². The lowest BCUT2D eigenvalue weighted by Gasteiger charge is -2.16. The molecule has 0 radical (unpaired) electrons. The third kappa shape index (κ3) is 3.18. The minimum absolute atomic E-state index is 0.0436. The van der Waals surface area contributed by atoms with Crippen LogP contribution < -0.4 is 0 Å². The van der Waals surface area contributed by atoms with E-state index in [2.05, 4.69) is 17.2 Å². The number of para-hydroxylation sites is 1. The molecule has 3 aromatic rings. The second kappa shape index (κ2) is 6.93. The van der Waals surface area contributed by atoms with Crippen LogP contribution in [0.2, 0.25) is 0 Å². The van der Waals surface area contributed by atoms with Crippen LogP contribution in [0.5, 0.6) is 5.88 Å². The molecule has 1 atom stereocenters. The molecule has 0 fully saturated rings. The van der Waals surface area contributed by atoms with Gasteiger partial charge in [0.25, 0.3) is 0 Å². The molecular formula is C21H23N3O2S. The van der Waals surface area contributed by atoms with Gasteiger partial charge in [-0.1, -0.05) is 25.1 Å². The van der Waals surface area contributed by atoms with Crippen molar-refractivity contribution in [3.63, 3.8) is 0 Å². The Labute approximate surface area is 162 Å². The first-order chi connectivity index (χ1) is 13.0. The molecule has 0 unspecified atom stereocenters. The molecule has 1 aliphatic carbocycles. The highest BCUT2D eigenvalue weighted by Crippen LogP contribution is 2.41. The first kappa shape index (κ1) is 17.9. The summed E-state index contributed by atoms with van der Waals surface area (Å²) in [4.78, 5) is 14.5. The highest BCUT2D eigenvalue weighted by Gasteiger charge is 2.22. The van der Waals surface area contributed by atoms with Gasteiger partial charge in [0.2, 0.25) is 5.88 Å². The van der Waals surface area contributed by atoms with E-state index in [1.165, 1.54) is 28.2 Å². The Morgan fingerprint density at radius 2 is 2.11 bits per heavy atom. The van der Waals surface area contributed by atoms with Crippen molar-refractivity contribution >= 4 is 33.8 Å². The molecule has 4 rings (SSSR count). The van der Waals surface area contributed by atoms with Crippen molar-refractivity contribution in [2.75, 3.05) is 0 Å². The quantitative estimate of drug-likeness (QED) is 0.562. The molecule has 27 heavy (non-hydrogen) atoms. The molecule has 2 aromatic heterocycles. The Morgan fingerprint density at radius 1 is 1.33 bits per heavy atom. The van der Waals surface area contributed by atoms with Crippen molar-refractivity contribution in [3.05, 3.63) is 45.6 Å². The SMILES string of the molecule is CC(C)n1c(O)c(N=NC(=O)c2cc3c(s2)CC[C@@H](C)C3)c2ccccc21. The zero-order chi connectivity index (χ0) is 19.1. The summed E-state index contributed by atoms with van der Waals surface area (Å²) in [6.07, 6.45) is 3.23. The summed E-state index contributed by atoms with van der Waals surface area (Å²) in [7, 11) is 0. The lowest BCUT2D eigenvalue weighted by molar-refractivity contribution is 0.0999. The number of hydrogen-bond acceptors (Lipinski definition) is 4. The van der Waals surface area contributed by atoms with Crippen LogP contribution in [-0.2, 0) is 12.8 Å². The van der Waals surface area contributed by atoms with Crippen molar-refractivity contribution in [1.29, 1.82) is 0 Å². The summed E-state index contributed by atoms with van der Waals surface area (Å²) in [6, 6.07) is 9.67. The first-order valence-corrected chi connectivity index (χ1v) is 10.2. The van der Waals surface area contributed by atoms with Gasteiger partial charge in [0.15, 0.2) is 5.69 Å². The average Bonchev–Trinajstić information content (AvgIpc) is 3.17. The van der Waals surface area contributed by atoms with Crippen molar-refractivity contribution in [3.8, 4) is 5.88 Å². The Bertz CT molecular complexity index is 1050. The van der Waals surface area contributed by atoms with E-state index in [0.29, 0.717) is 16.5 Å². The number of rotatable bonds is 3. The van der Waals surface area contributed by atoms with E-state index in [9.17, 15) is 9.90 Å². The number of carbonyl (C=O) groups is 1. The number of azo groups is 1. The third-order valence-electron chi connectivity index (χ3n) is 5.16. The van der Waals surface area contributed by atoms with Gasteiger partial charge in [0.1, 0.15) is 0 Å². The Balaban J connectivity index is 1.67. The van der Waals surface area contributed by atoms with Gasteiger partial charge in [-0.2, -0.15) is 0 Å². The van der Waals surface area contributed by atoms with Crippen LogP contribution in [0.4, 0.5) is 5.69 Å². The monoisotopic (exact) mass is 381 g/mol. The Kier molecular flexibility index (Phi) is 4.60. The van der Waals surface area contributed by atoms with Crippen LogP contribution in [0.1, 0.15) is 53.3 Å². The number of fused-ring (bicyclic) bond motifs is 2. The van der Waals surface area contributed by atoms with Crippen molar-refractivity contribution in [2.24, 2.45) is 16.1 Å². The molecule has 2 heterocycles. The maximum absolute atomic E-state index is 12.6. The molecule has 6 heteroatoms. The van der Waals surface area contributed by atoms with Crippen molar-refractivity contribution in [1.82, 2.24) is 4.57 Å². The van der Waals surface area contributed by atoms with Gasteiger partial charge in [-0.05, 0) is 56.7 Å². The smallest absolute Gasteiger partial charge is 0.305 e. The molecule has 0 saturated carbocycles. The molecular weight excluding hydrogens is 358 g/mol. The van der Waals surface area contributed by atoms with Crippen LogP contribution in [0.15, 0.2) is 40.6 Å². The molecule has 0 aliphatic heterocycles. The predicted molar refractivity (Wildman–Crippen MR) is 108 cm³/mol. The standard InChI is InChI=1S/C21H23N3O2S/c1-12(2)24-16-7-5-4-6-15(16)19(21(24)26)22-23-20(25)18-11-14-10-13(3)8-9-17(14)27-18/h4-7,11-13,26H,8-10H2,1-3H3/t13-/m1/s1. The number of nitrogens with zero attached hydrogens (tertiary/aromatic N) is 3. The number of thiophene rings is 1. The Hall–Kier alpha value is -2.47. The lowest BCUT2D eigenvalue weighted by atomic mass is 9.90. The van der Waals surface area contributed by atoms with E-state index >= 15 is 0 Å². The topological polar surface area (TPSA) is 66.9 Å². The summed E-state index contributed by atoms with van der Waals surface area (Å²) < 4.78 is 1.80. The van der Waals surface area contributed by atoms with Gasteiger partial charge in [0.05, 0.1) is 10.4 Å². The molecule has 140 valence electrons. The minimum Gasteiger partial charge on any atom is -0.493 e. The Morgan fingerprint density at radius 3 is 2.89 bits per heavy atom. The largest absolute Gasteiger partial charge is 0.493 e. The van der Waals surface area contributed by atoms with E-state index in [0.717, 1.165) is 23.7 Å². The molecule has 0 saturated heterocycles. The number of carbonyl (C=O) groups excluding carboxylic acids is 1. The fraction of sp³-hybridized carbons (Fsp3) is 0.381. The predicted octanol–water partition coefficient (Wildman–Crippen LogP) is 6.04. The summed E-state index contributed by atoms with van der Waals surface area (Å²) in [5.41, 5.74) is 2.51. The van der Waals surface area contributed by atoms with Gasteiger partial charge in [-0.25, -0.2) is 0 Å². The van der Waals surface area contributed by atoms with Gasteiger partial charge < -0.3 is 9.67 Å². The third-order valence-corrected chi connectivity index (χ3v) is 6.38. The highest BCUT2D eigenvalue weighted by molar-refractivity contribution is 7.14. The van der Waals surface area contributed by atoms with Crippen LogP contribution in [0, 0.1) is 5.92 Å². The molecule has 1 N–H and O–H groups in total. The van der Waals surface area contributed by atoms with Crippen molar-refractivity contribution < 1.29 is 9.90 Å². The maximum atomic E-state index is 12.6. The van der Waals surface area contributed by atoms with E-state index in [4.69, 9.17) is 0 Å². The number of aromatic hydroxyl groups is 1. The fourth-order valence-corrected chi connectivity index (χ4v) is 4.90. The van der Waals surface area contributed by atoms with Gasteiger partial charge >= 0.3 is 5.91 Å². The second-order valence-electron chi connectivity index (χ2n) is 7.57. The minimum atomic E-state index is -0.345. The summed E-state index contributed by atoms with van der Waals surface area (Å²) in [5.74, 6) is 0.362. The molecule has 1 amide bonds.